The van der Waals surface area contributed by atoms with E-state index in [0.29, 0.717) is 11.8 Å². The third kappa shape index (κ3) is 6.90. The van der Waals surface area contributed by atoms with E-state index in [9.17, 15) is 0 Å². The van der Waals surface area contributed by atoms with Gasteiger partial charge < -0.3 is 19.6 Å². The molecule has 0 aliphatic heterocycles. The Morgan fingerprint density at radius 2 is 2.04 bits per heavy atom. The number of hydrogen-bond donors (Lipinski definition) is 2. The van der Waals surface area contributed by atoms with E-state index in [0.717, 1.165) is 49.9 Å². The fourth-order valence-corrected chi connectivity index (χ4v) is 2.03. The molecule has 134 valence electrons. The van der Waals surface area contributed by atoms with Crippen molar-refractivity contribution in [3.63, 3.8) is 0 Å². The molecule has 24 heavy (non-hydrogen) atoms. The van der Waals surface area contributed by atoms with E-state index < -0.39 is 0 Å². The summed E-state index contributed by atoms with van der Waals surface area (Å²) in [6.07, 6.45) is 4.17. The lowest BCUT2D eigenvalue weighted by atomic mass is 10.2. The lowest BCUT2D eigenvalue weighted by molar-refractivity contribution is 0.368. The highest BCUT2D eigenvalue weighted by Crippen LogP contribution is 2.10. The third-order valence-electron chi connectivity index (χ3n) is 3.33. The number of aromatic nitrogens is 2. The van der Waals surface area contributed by atoms with Crippen LogP contribution in [0.1, 0.15) is 43.7 Å². The summed E-state index contributed by atoms with van der Waals surface area (Å²) in [4.78, 5) is 8.55. The monoisotopic (exact) mass is 447 g/mol. The Hall–Kier alpha value is -1.58. The van der Waals surface area contributed by atoms with Crippen molar-refractivity contribution in [1.82, 2.24) is 20.8 Å². The van der Waals surface area contributed by atoms with Crippen LogP contribution in [-0.2, 0) is 12.8 Å². The molecular formula is C16H26IN5O2. The van der Waals surface area contributed by atoms with Gasteiger partial charge in [-0.25, -0.2) is 0 Å². The van der Waals surface area contributed by atoms with Crippen LogP contribution in [0.3, 0.4) is 0 Å². The summed E-state index contributed by atoms with van der Waals surface area (Å²) < 4.78 is 10.5. The van der Waals surface area contributed by atoms with Gasteiger partial charge in [0.15, 0.2) is 11.8 Å². The maximum atomic E-state index is 5.29. The van der Waals surface area contributed by atoms with Crippen LogP contribution in [0.2, 0.25) is 0 Å². The molecule has 0 aliphatic carbocycles. The molecule has 0 aromatic carbocycles. The second-order valence-corrected chi connectivity index (χ2v) is 5.56. The van der Waals surface area contributed by atoms with Crippen LogP contribution >= 0.6 is 24.0 Å². The summed E-state index contributed by atoms with van der Waals surface area (Å²) in [6.45, 7) is 5.66. The quantitative estimate of drug-likeness (QED) is 0.280. The average molecular weight is 447 g/mol. The highest BCUT2D eigenvalue weighted by atomic mass is 127. The fraction of sp³-hybridized carbons (Fsp3) is 0.562. The molecule has 7 nitrogen and oxygen atoms in total. The lowest BCUT2D eigenvalue weighted by Crippen LogP contribution is -2.38. The van der Waals surface area contributed by atoms with Gasteiger partial charge in [-0.05, 0) is 18.6 Å². The Bertz CT molecular complexity index is 595. The van der Waals surface area contributed by atoms with Crippen molar-refractivity contribution in [2.24, 2.45) is 4.99 Å². The predicted octanol–water partition coefficient (Wildman–Crippen LogP) is 2.74. The smallest absolute Gasteiger partial charge is 0.226 e. The largest absolute Gasteiger partial charge is 0.469 e. The van der Waals surface area contributed by atoms with Gasteiger partial charge in [-0.1, -0.05) is 19.0 Å². The summed E-state index contributed by atoms with van der Waals surface area (Å²) in [5.74, 6) is 3.50. The lowest BCUT2D eigenvalue weighted by Gasteiger charge is -2.10. The molecule has 0 spiro atoms. The Morgan fingerprint density at radius 3 is 2.67 bits per heavy atom. The van der Waals surface area contributed by atoms with E-state index in [4.69, 9.17) is 8.94 Å². The number of aryl methyl sites for hydroxylation is 1. The van der Waals surface area contributed by atoms with Crippen LogP contribution in [0.4, 0.5) is 0 Å². The first-order valence-electron chi connectivity index (χ1n) is 7.98. The van der Waals surface area contributed by atoms with Gasteiger partial charge in [0.2, 0.25) is 5.89 Å². The molecule has 0 fully saturated rings. The van der Waals surface area contributed by atoms with E-state index >= 15 is 0 Å². The summed E-state index contributed by atoms with van der Waals surface area (Å²) in [5, 5.41) is 10.5. The minimum atomic E-state index is 0. The number of nitrogens with one attached hydrogen (secondary N) is 2. The molecule has 0 bridgehead atoms. The summed E-state index contributed by atoms with van der Waals surface area (Å²) >= 11 is 0. The molecule has 2 aromatic heterocycles. The zero-order chi connectivity index (χ0) is 16.5. The third-order valence-corrected chi connectivity index (χ3v) is 3.33. The molecule has 2 heterocycles. The zero-order valence-electron chi connectivity index (χ0n) is 14.4. The molecule has 2 N–H and O–H groups in total. The van der Waals surface area contributed by atoms with Crippen molar-refractivity contribution in [2.75, 3.05) is 20.1 Å². The van der Waals surface area contributed by atoms with Crippen LogP contribution in [0.25, 0.3) is 0 Å². The number of aliphatic imine (C=N–C) groups is 1. The van der Waals surface area contributed by atoms with E-state index in [-0.39, 0.29) is 24.0 Å². The van der Waals surface area contributed by atoms with Crippen LogP contribution in [0.15, 0.2) is 32.3 Å². The van der Waals surface area contributed by atoms with E-state index in [2.05, 4.69) is 39.6 Å². The minimum absolute atomic E-state index is 0. The maximum Gasteiger partial charge on any atom is 0.226 e. The number of hydrogen-bond acceptors (Lipinski definition) is 5. The van der Waals surface area contributed by atoms with Crippen molar-refractivity contribution < 1.29 is 8.94 Å². The molecule has 0 atom stereocenters. The Kier molecular flexibility index (Phi) is 9.43. The van der Waals surface area contributed by atoms with Crippen molar-refractivity contribution in [3.05, 3.63) is 35.9 Å². The molecule has 0 aliphatic rings. The number of halogens is 1. The first-order chi connectivity index (χ1) is 11.2. The van der Waals surface area contributed by atoms with Crippen LogP contribution in [0.5, 0.6) is 0 Å². The van der Waals surface area contributed by atoms with Crippen molar-refractivity contribution in [3.8, 4) is 0 Å². The number of furan rings is 1. The van der Waals surface area contributed by atoms with E-state index in [1.807, 2.05) is 12.1 Å². The molecule has 2 aromatic rings. The Labute approximate surface area is 159 Å². The Balaban J connectivity index is 0.00000288. The van der Waals surface area contributed by atoms with Crippen LogP contribution in [-0.4, -0.2) is 36.2 Å². The van der Waals surface area contributed by atoms with Crippen molar-refractivity contribution in [2.45, 2.75) is 39.0 Å². The number of guanidine groups is 1. The topological polar surface area (TPSA) is 88.5 Å². The standard InChI is InChI=1S/C16H25N5O2.HI/c1-12(2)15-20-14(23-21-15)7-4-9-18-16(17-3)19-10-8-13-6-5-11-22-13;/h5-6,11-12H,4,7-10H2,1-3H3,(H2,17,18,19);1H. The first-order valence-corrected chi connectivity index (χ1v) is 7.98. The number of rotatable bonds is 8. The molecule has 8 heteroatoms. The molecule has 0 saturated carbocycles. The van der Waals surface area contributed by atoms with Gasteiger partial charge in [-0.3, -0.25) is 4.99 Å². The second kappa shape index (κ2) is 11.1. The molecule has 0 radical (unpaired) electrons. The van der Waals surface area contributed by atoms with Gasteiger partial charge in [0, 0.05) is 38.9 Å². The van der Waals surface area contributed by atoms with Crippen LogP contribution in [0, 0.1) is 0 Å². The van der Waals surface area contributed by atoms with Gasteiger partial charge in [0.25, 0.3) is 0 Å². The van der Waals surface area contributed by atoms with Gasteiger partial charge in [0.1, 0.15) is 5.76 Å². The normalized spacial score (nSPS) is 11.4. The molecule has 0 amide bonds. The molecule has 0 saturated heterocycles. The second-order valence-electron chi connectivity index (χ2n) is 5.56. The van der Waals surface area contributed by atoms with E-state index in [1.165, 1.54) is 0 Å². The van der Waals surface area contributed by atoms with Crippen molar-refractivity contribution in [1.29, 1.82) is 0 Å². The van der Waals surface area contributed by atoms with Gasteiger partial charge >= 0.3 is 0 Å². The highest BCUT2D eigenvalue weighted by Gasteiger charge is 2.09. The Morgan fingerprint density at radius 1 is 1.25 bits per heavy atom. The summed E-state index contributed by atoms with van der Waals surface area (Å²) in [5.41, 5.74) is 0. The van der Waals surface area contributed by atoms with Crippen LogP contribution < -0.4 is 10.6 Å². The molecule has 2 rings (SSSR count). The van der Waals surface area contributed by atoms with E-state index in [1.54, 1.807) is 13.3 Å². The zero-order valence-corrected chi connectivity index (χ0v) is 16.7. The minimum Gasteiger partial charge on any atom is -0.469 e. The van der Waals surface area contributed by atoms with Crippen molar-refractivity contribution >= 4 is 29.9 Å². The maximum absolute atomic E-state index is 5.29. The summed E-state index contributed by atoms with van der Waals surface area (Å²) in [6, 6.07) is 3.86. The summed E-state index contributed by atoms with van der Waals surface area (Å²) in [7, 11) is 1.76. The SMILES string of the molecule is CN=C(NCCCc1nc(C(C)C)no1)NCCc1ccco1.I. The van der Waals surface area contributed by atoms with Gasteiger partial charge in [-0.15, -0.1) is 24.0 Å². The van der Waals surface area contributed by atoms with Gasteiger partial charge in [0.05, 0.1) is 6.26 Å². The first kappa shape index (κ1) is 20.5. The highest BCUT2D eigenvalue weighted by molar-refractivity contribution is 14.0. The molecular weight excluding hydrogens is 421 g/mol. The molecule has 0 unspecified atom stereocenters. The fourth-order valence-electron chi connectivity index (χ4n) is 2.03. The predicted molar refractivity (Wildman–Crippen MR) is 104 cm³/mol. The number of nitrogens with zero attached hydrogens (tertiary/aromatic N) is 3. The van der Waals surface area contributed by atoms with Gasteiger partial charge in [-0.2, -0.15) is 4.98 Å². The average Bonchev–Trinajstić information content (AvgIpc) is 3.21.